The molecule has 0 radical (unpaired) electrons. The van der Waals surface area contributed by atoms with Crippen LogP contribution in [0.15, 0.2) is 18.2 Å². The average Bonchev–Trinajstić information content (AvgIpc) is 2.30. The third-order valence-corrected chi connectivity index (χ3v) is 2.67. The number of piperidine rings is 1. The van der Waals surface area contributed by atoms with Gasteiger partial charge in [0, 0.05) is 24.2 Å². The molecule has 0 bridgehead atoms. The highest BCUT2D eigenvalue weighted by Gasteiger charge is 2.16. The van der Waals surface area contributed by atoms with Crippen molar-refractivity contribution in [2.24, 2.45) is 0 Å². The van der Waals surface area contributed by atoms with Crippen molar-refractivity contribution < 1.29 is 4.74 Å². The van der Waals surface area contributed by atoms with Gasteiger partial charge in [-0.15, -0.1) is 0 Å². The molecule has 1 atom stereocenters. The SMILES string of the molecule is COc1cccc(C2CCCNC2)n1. The van der Waals surface area contributed by atoms with Gasteiger partial charge in [0.1, 0.15) is 0 Å². The summed E-state index contributed by atoms with van der Waals surface area (Å²) in [6, 6.07) is 5.98. The number of methoxy groups -OCH3 is 1. The van der Waals surface area contributed by atoms with Gasteiger partial charge in [-0.25, -0.2) is 4.98 Å². The van der Waals surface area contributed by atoms with E-state index < -0.39 is 0 Å². The van der Waals surface area contributed by atoms with Crippen molar-refractivity contribution in [1.29, 1.82) is 0 Å². The third-order valence-electron chi connectivity index (χ3n) is 2.67. The van der Waals surface area contributed by atoms with Crippen LogP contribution in [0.3, 0.4) is 0 Å². The monoisotopic (exact) mass is 192 g/mol. The van der Waals surface area contributed by atoms with Gasteiger partial charge in [-0.05, 0) is 25.5 Å². The van der Waals surface area contributed by atoms with Crippen LogP contribution in [0.1, 0.15) is 24.5 Å². The molecule has 1 unspecified atom stereocenters. The van der Waals surface area contributed by atoms with E-state index >= 15 is 0 Å². The van der Waals surface area contributed by atoms with Crippen LogP contribution in [-0.4, -0.2) is 25.2 Å². The number of rotatable bonds is 2. The largest absolute Gasteiger partial charge is 0.481 e. The molecule has 0 spiro atoms. The first-order valence-corrected chi connectivity index (χ1v) is 5.12. The van der Waals surface area contributed by atoms with E-state index in [4.69, 9.17) is 4.74 Å². The lowest BCUT2D eigenvalue weighted by atomic mass is 9.96. The quantitative estimate of drug-likeness (QED) is 0.772. The summed E-state index contributed by atoms with van der Waals surface area (Å²) in [5.74, 6) is 1.27. The zero-order chi connectivity index (χ0) is 9.80. The third kappa shape index (κ3) is 2.04. The molecule has 1 fully saturated rings. The van der Waals surface area contributed by atoms with Crippen LogP contribution >= 0.6 is 0 Å². The van der Waals surface area contributed by atoms with Crippen molar-refractivity contribution in [2.45, 2.75) is 18.8 Å². The summed E-state index contributed by atoms with van der Waals surface area (Å²) in [5.41, 5.74) is 1.15. The molecule has 1 N–H and O–H groups in total. The summed E-state index contributed by atoms with van der Waals surface area (Å²) in [6.45, 7) is 2.18. The first-order valence-electron chi connectivity index (χ1n) is 5.12. The molecule has 1 aliphatic rings. The Balaban J connectivity index is 2.13. The molecule has 3 nitrogen and oxygen atoms in total. The molecule has 0 aromatic carbocycles. The Morgan fingerprint density at radius 1 is 1.50 bits per heavy atom. The van der Waals surface area contributed by atoms with Crippen molar-refractivity contribution in [3.05, 3.63) is 23.9 Å². The topological polar surface area (TPSA) is 34.1 Å². The lowest BCUT2D eigenvalue weighted by Gasteiger charge is -2.22. The predicted octanol–water partition coefficient (Wildman–Crippen LogP) is 1.56. The van der Waals surface area contributed by atoms with E-state index in [1.807, 2.05) is 12.1 Å². The zero-order valence-corrected chi connectivity index (χ0v) is 8.49. The Morgan fingerprint density at radius 2 is 2.43 bits per heavy atom. The standard InChI is InChI=1S/C11H16N2O/c1-14-11-6-2-5-10(13-11)9-4-3-7-12-8-9/h2,5-6,9,12H,3-4,7-8H2,1H3. The van der Waals surface area contributed by atoms with Crippen LogP contribution in [-0.2, 0) is 0 Å². The molecular weight excluding hydrogens is 176 g/mol. The molecule has 3 heteroatoms. The van der Waals surface area contributed by atoms with Gasteiger partial charge in [0.2, 0.25) is 5.88 Å². The van der Waals surface area contributed by atoms with Crippen molar-refractivity contribution >= 4 is 0 Å². The number of nitrogens with one attached hydrogen (secondary N) is 1. The molecule has 2 heterocycles. The van der Waals surface area contributed by atoms with Gasteiger partial charge in [-0.2, -0.15) is 0 Å². The molecule has 1 aliphatic heterocycles. The highest BCUT2D eigenvalue weighted by Crippen LogP contribution is 2.22. The van der Waals surface area contributed by atoms with E-state index in [1.54, 1.807) is 7.11 Å². The average molecular weight is 192 g/mol. The molecule has 1 aromatic rings. The van der Waals surface area contributed by atoms with E-state index in [0.717, 1.165) is 18.8 Å². The van der Waals surface area contributed by atoms with Gasteiger partial charge >= 0.3 is 0 Å². The van der Waals surface area contributed by atoms with Crippen molar-refractivity contribution in [3.63, 3.8) is 0 Å². The number of ether oxygens (including phenoxy) is 1. The maximum Gasteiger partial charge on any atom is 0.213 e. The van der Waals surface area contributed by atoms with E-state index in [1.165, 1.54) is 12.8 Å². The molecule has 1 aromatic heterocycles. The lowest BCUT2D eigenvalue weighted by Crippen LogP contribution is -2.28. The number of hydrogen-bond donors (Lipinski definition) is 1. The molecule has 0 amide bonds. The van der Waals surface area contributed by atoms with Crippen LogP contribution < -0.4 is 10.1 Å². The predicted molar refractivity (Wildman–Crippen MR) is 55.6 cm³/mol. The van der Waals surface area contributed by atoms with Gasteiger partial charge in [-0.1, -0.05) is 6.07 Å². The Labute approximate surface area is 84.5 Å². The number of aromatic nitrogens is 1. The second-order valence-corrected chi connectivity index (χ2v) is 3.65. The summed E-state index contributed by atoms with van der Waals surface area (Å²) in [7, 11) is 1.66. The van der Waals surface area contributed by atoms with E-state index in [9.17, 15) is 0 Å². The second-order valence-electron chi connectivity index (χ2n) is 3.65. The first kappa shape index (κ1) is 9.46. The van der Waals surface area contributed by atoms with Crippen molar-refractivity contribution in [1.82, 2.24) is 10.3 Å². The molecule has 14 heavy (non-hydrogen) atoms. The molecular formula is C11H16N2O. The summed E-state index contributed by atoms with van der Waals surface area (Å²) >= 11 is 0. The minimum atomic E-state index is 0.554. The van der Waals surface area contributed by atoms with Crippen LogP contribution in [0.4, 0.5) is 0 Å². The van der Waals surface area contributed by atoms with Crippen LogP contribution in [0.25, 0.3) is 0 Å². The molecule has 0 saturated carbocycles. The van der Waals surface area contributed by atoms with Crippen molar-refractivity contribution in [2.75, 3.05) is 20.2 Å². The lowest BCUT2D eigenvalue weighted by molar-refractivity contribution is 0.390. The molecule has 1 saturated heterocycles. The number of pyridine rings is 1. The van der Waals surface area contributed by atoms with Gasteiger partial charge in [0.25, 0.3) is 0 Å². The van der Waals surface area contributed by atoms with E-state index in [0.29, 0.717) is 11.8 Å². The molecule has 2 rings (SSSR count). The first-order chi connectivity index (χ1) is 6.90. The van der Waals surface area contributed by atoms with Crippen LogP contribution in [0.2, 0.25) is 0 Å². The van der Waals surface area contributed by atoms with Gasteiger partial charge in [-0.3, -0.25) is 0 Å². The van der Waals surface area contributed by atoms with Crippen LogP contribution in [0.5, 0.6) is 5.88 Å². The minimum absolute atomic E-state index is 0.554. The Morgan fingerprint density at radius 3 is 3.14 bits per heavy atom. The van der Waals surface area contributed by atoms with E-state index in [2.05, 4.69) is 16.4 Å². The van der Waals surface area contributed by atoms with Gasteiger partial charge in [0.05, 0.1) is 7.11 Å². The van der Waals surface area contributed by atoms with Gasteiger partial charge < -0.3 is 10.1 Å². The maximum atomic E-state index is 5.11. The van der Waals surface area contributed by atoms with Crippen molar-refractivity contribution in [3.8, 4) is 5.88 Å². The smallest absolute Gasteiger partial charge is 0.213 e. The summed E-state index contributed by atoms with van der Waals surface area (Å²) in [6.07, 6.45) is 2.47. The molecule has 0 aliphatic carbocycles. The fourth-order valence-corrected chi connectivity index (χ4v) is 1.88. The molecule has 76 valence electrons. The summed E-state index contributed by atoms with van der Waals surface area (Å²) in [5, 5.41) is 3.39. The number of hydrogen-bond acceptors (Lipinski definition) is 3. The Bertz CT molecular complexity index is 295. The maximum absolute atomic E-state index is 5.11. The zero-order valence-electron chi connectivity index (χ0n) is 8.49. The highest BCUT2D eigenvalue weighted by atomic mass is 16.5. The van der Waals surface area contributed by atoms with Crippen LogP contribution in [0, 0.1) is 0 Å². The summed E-state index contributed by atoms with van der Waals surface area (Å²) < 4.78 is 5.11. The Hall–Kier alpha value is -1.09. The second kappa shape index (κ2) is 4.42. The fraction of sp³-hybridized carbons (Fsp3) is 0.545. The van der Waals surface area contributed by atoms with E-state index in [-0.39, 0.29) is 0 Å². The highest BCUT2D eigenvalue weighted by molar-refractivity contribution is 5.19. The Kier molecular flexibility index (Phi) is 2.99. The summed E-state index contributed by atoms with van der Waals surface area (Å²) in [4.78, 5) is 4.45. The fourth-order valence-electron chi connectivity index (χ4n) is 1.88. The normalized spacial score (nSPS) is 21.9. The minimum Gasteiger partial charge on any atom is -0.481 e. The van der Waals surface area contributed by atoms with Gasteiger partial charge in [0.15, 0.2) is 0 Å². The number of nitrogens with zero attached hydrogens (tertiary/aromatic N) is 1.